The van der Waals surface area contributed by atoms with Crippen molar-refractivity contribution >= 4 is 23.7 Å². The van der Waals surface area contributed by atoms with Gasteiger partial charge in [-0.3, -0.25) is 4.79 Å². The predicted octanol–water partition coefficient (Wildman–Crippen LogP) is 3.51. The van der Waals surface area contributed by atoms with Crippen molar-refractivity contribution in [2.75, 3.05) is 7.11 Å². The second-order valence-electron chi connectivity index (χ2n) is 4.26. The second kappa shape index (κ2) is 6.35. The normalized spacial score (nSPS) is 11.7. The van der Waals surface area contributed by atoms with E-state index in [9.17, 15) is 9.59 Å². The van der Waals surface area contributed by atoms with Crippen molar-refractivity contribution in [3.8, 4) is 5.75 Å². The van der Waals surface area contributed by atoms with Crippen LogP contribution in [-0.2, 0) is 4.79 Å². The molecule has 1 atom stereocenters. The van der Waals surface area contributed by atoms with Crippen LogP contribution in [0.15, 0.2) is 48.5 Å². The van der Waals surface area contributed by atoms with E-state index in [1.54, 1.807) is 55.6 Å². The van der Waals surface area contributed by atoms with Crippen LogP contribution in [0.4, 0.5) is 0 Å². The number of halogens is 1. The van der Waals surface area contributed by atoms with Gasteiger partial charge in [0.2, 0.25) is 0 Å². The maximum atomic E-state index is 12.4. The first-order valence-corrected chi connectivity index (χ1v) is 6.42. The Morgan fingerprint density at radius 2 is 1.70 bits per heavy atom. The molecule has 0 saturated heterocycles. The van der Waals surface area contributed by atoms with Gasteiger partial charge in [-0.05, 0) is 42.0 Å². The average molecular weight is 289 g/mol. The highest BCUT2D eigenvalue weighted by atomic mass is 35.5. The molecule has 0 N–H and O–H groups in total. The van der Waals surface area contributed by atoms with E-state index in [4.69, 9.17) is 16.3 Å². The van der Waals surface area contributed by atoms with E-state index in [1.807, 2.05) is 0 Å². The molecule has 0 aliphatic rings. The highest BCUT2D eigenvalue weighted by molar-refractivity contribution is 6.30. The molecule has 0 fully saturated rings. The van der Waals surface area contributed by atoms with E-state index in [1.165, 1.54) is 0 Å². The summed E-state index contributed by atoms with van der Waals surface area (Å²) in [5.41, 5.74) is 1.10. The zero-order valence-electron chi connectivity index (χ0n) is 10.9. The van der Waals surface area contributed by atoms with Crippen molar-refractivity contribution in [3.05, 3.63) is 64.7 Å². The fraction of sp³-hybridized carbons (Fsp3) is 0.125. The molecule has 102 valence electrons. The van der Waals surface area contributed by atoms with E-state index >= 15 is 0 Å². The number of hydrogen-bond donors (Lipinski definition) is 0. The Hall–Kier alpha value is -2.13. The molecular weight excluding hydrogens is 276 g/mol. The summed E-state index contributed by atoms with van der Waals surface area (Å²) in [6.07, 6.45) is 0.649. The smallest absolute Gasteiger partial charge is 0.177 e. The van der Waals surface area contributed by atoms with Crippen LogP contribution in [-0.4, -0.2) is 19.2 Å². The summed E-state index contributed by atoms with van der Waals surface area (Å²) in [5.74, 6) is -0.402. The molecule has 0 aliphatic heterocycles. The number of ketones is 1. The molecule has 2 aromatic carbocycles. The van der Waals surface area contributed by atoms with Gasteiger partial charge in [-0.15, -0.1) is 0 Å². The summed E-state index contributed by atoms with van der Waals surface area (Å²) >= 11 is 5.80. The molecule has 0 bridgehead atoms. The van der Waals surface area contributed by atoms with Gasteiger partial charge >= 0.3 is 0 Å². The lowest BCUT2D eigenvalue weighted by atomic mass is 9.92. The first-order valence-electron chi connectivity index (χ1n) is 6.04. The quantitative estimate of drug-likeness (QED) is 0.480. The summed E-state index contributed by atoms with van der Waals surface area (Å²) in [6, 6.07) is 13.4. The number of hydrogen-bond acceptors (Lipinski definition) is 3. The number of carbonyl (C=O) groups excluding carboxylic acids is 2. The molecule has 3 nitrogen and oxygen atoms in total. The lowest BCUT2D eigenvalue weighted by Gasteiger charge is -2.10. The fourth-order valence-corrected chi connectivity index (χ4v) is 2.02. The standard InChI is InChI=1S/C16H13ClO3/c1-20-14-8-4-12(5-9-14)16(19)15(10-18)11-2-6-13(17)7-3-11/h2-10,15H,1H3. The number of benzene rings is 2. The summed E-state index contributed by atoms with van der Waals surface area (Å²) in [5, 5.41) is 0.565. The fourth-order valence-electron chi connectivity index (χ4n) is 1.90. The van der Waals surface area contributed by atoms with Gasteiger partial charge in [-0.2, -0.15) is 0 Å². The SMILES string of the molecule is COc1ccc(C(=O)C(C=O)c2ccc(Cl)cc2)cc1. The Morgan fingerprint density at radius 1 is 1.10 bits per heavy atom. The molecule has 2 rings (SSSR count). The summed E-state index contributed by atoms with van der Waals surface area (Å²) in [6.45, 7) is 0. The largest absolute Gasteiger partial charge is 0.497 e. The summed E-state index contributed by atoms with van der Waals surface area (Å²) < 4.78 is 5.04. The van der Waals surface area contributed by atoms with Gasteiger partial charge in [0.05, 0.1) is 7.11 Å². The highest BCUT2D eigenvalue weighted by Gasteiger charge is 2.21. The molecule has 4 heteroatoms. The van der Waals surface area contributed by atoms with Crippen molar-refractivity contribution < 1.29 is 14.3 Å². The van der Waals surface area contributed by atoms with Crippen molar-refractivity contribution in [2.45, 2.75) is 5.92 Å². The topological polar surface area (TPSA) is 43.4 Å². The Labute approximate surface area is 122 Å². The minimum absolute atomic E-state index is 0.245. The molecule has 0 aliphatic carbocycles. The zero-order chi connectivity index (χ0) is 14.5. The van der Waals surface area contributed by atoms with Gasteiger partial charge in [0.25, 0.3) is 0 Å². The minimum atomic E-state index is -0.819. The van der Waals surface area contributed by atoms with Crippen molar-refractivity contribution in [1.82, 2.24) is 0 Å². The number of rotatable bonds is 5. The van der Waals surface area contributed by atoms with Gasteiger partial charge in [0.1, 0.15) is 18.0 Å². The van der Waals surface area contributed by atoms with Gasteiger partial charge in [-0.25, -0.2) is 0 Å². The Morgan fingerprint density at radius 3 is 2.20 bits per heavy atom. The van der Waals surface area contributed by atoms with Gasteiger partial charge in [0.15, 0.2) is 5.78 Å². The maximum absolute atomic E-state index is 12.4. The number of methoxy groups -OCH3 is 1. The molecule has 1 unspecified atom stereocenters. The molecule has 2 aromatic rings. The van der Waals surface area contributed by atoms with E-state index in [2.05, 4.69) is 0 Å². The molecule has 0 spiro atoms. The summed E-state index contributed by atoms with van der Waals surface area (Å²) in [7, 11) is 1.55. The van der Waals surface area contributed by atoms with Crippen LogP contribution in [0.25, 0.3) is 0 Å². The molecule has 0 saturated carbocycles. The van der Waals surface area contributed by atoms with E-state index in [-0.39, 0.29) is 5.78 Å². The first kappa shape index (κ1) is 14.3. The molecule has 0 radical (unpaired) electrons. The van der Waals surface area contributed by atoms with Crippen LogP contribution in [0.2, 0.25) is 5.02 Å². The highest BCUT2D eigenvalue weighted by Crippen LogP contribution is 2.22. The Balaban J connectivity index is 2.28. The number of carbonyl (C=O) groups is 2. The molecule has 0 aromatic heterocycles. The van der Waals surface area contributed by atoms with Crippen LogP contribution in [0.5, 0.6) is 5.75 Å². The molecule has 0 amide bonds. The van der Waals surface area contributed by atoms with Gasteiger partial charge in [0, 0.05) is 10.6 Å². The number of Topliss-reactive ketones (excluding diaryl/α,β-unsaturated/α-hetero) is 1. The average Bonchev–Trinajstić information content (AvgIpc) is 2.50. The lowest BCUT2D eigenvalue weighted by Crippen LogP contribution is -2.14. The van der Waals surface area contributed by atoms with Crippen LogP contribution in [0.3, 0.4) is 0 Å². The monoisotopic (exact) mass is 288 g/mol. The third-order valence-electron chi connectivity index (χ3n) is 3.02. The summed E-state index contributed by atoms with van der Waals surface area (Å²) in [4.78, 5) is 23.6. The van der Waals surface area contributed by atoms with E-state index < -0.39 is 5.92 Å². The number of aldehydes is 1. The van der Waals surface area contributed by atoms with E-state index in [0.717, 1.165) is 0 Å². The minimum Gasteiger partial charge on any atom is -0.497 e. The molecule has 0 heterocycles. The third kappa shape index (κ3) is 3.06. The van der Waals surface area contributed by atoms with Gasteiger partial charge < -0.3 is 9.53 Å². The second-order valence-corrected chi connectivity index (χ2v) is 4.69. The predicted molar refractivity (Wildman–Crippen MR) is 77.6 cm³/mol. The first-order chi connectivity index (χ1) is 9.65. The van der Waals surface area contributed by atoms with Crippen LogP contribution in [0.1, 0.15) is 21.8 Å². The van der Waals surface area contributed by atoms with Crippen molar-refractivity contribution in [3.63, 3.8) is 0 Å². The lowest BCUT2D eigenvalue weighted by molar-refractivity contribution is -0.108. The van der Waals surface area contributed by atoms with Crippen molar-refractivity contribution in [2.24, 2.45) is 0 Å². The van der Waals surface area contributed by atoms with Crippen LogP contribution < -0.4 is 4.74 Å². The van der Waals surface area contributed by atoms with Crippen molar-refractivity contribution in [1.29, 1.82) is 0 Å². The zero-order valence-corrected chi connectivity index (χ0v) is 11.6. The Kier molecular flexibility index (Phi) is 4.53. The molecule has 20 heavy (non-hydrogen) atoms. The third-order valence-corrected chi connectivity index (χ3v) is 3.27. The van der Waals surface area contributed by atoms with E-state index in [0.29, 0.717) is 28.2 Å². The van der Waals surface area contributed by atoms with Crippen LogP contribution >= 0.6 is 11.6 Å². The molecular formula is C16H13ClO3. The van der Waals surface area contributed by atoms with Gasteiger partial charge in [-0.1, -0.05) is 23.7 Å². The Bertz CT molecular complexity index is 603. The maximum Gasteiger partial charge on any atom is 0.177 e. The van der Waals surface area contributed by atoms with Crippen LogP contribution in [0, 0.1) is 0 Å². The number of ether oxygens (including phenoxy) is 1.